The second-order valence-corrected chi connectivity index (χ2v) is 5.73. The second kappa shape index (κ2) is 4.42. The number of nitro groups is 1. The number of nitro benzene ring substituents is 1. The van der Waals surface area contributed by atoms with Gasteiger partial charge < -0.3 is 14.2 Å². The molecule has 0 aliphatic carbocycles. The van der Waals surface area contributed by atoms with Crippen molar-refractivity contribution in [2.75, 3.05) is 18.1 Å². The molecule has 2 fully saturated rings. The maximum atomic E-state index is 10.9. The fraction of sp³-hybridized carbons (Fsp3) is 0.500. The summed E-state index contributed by atoms with van der Waals surface area (Å²) >= 11 is 0. The summed E-state index contributed by atoms with van der Waals surface area (Å²) in [6.45, 7) is 1.47. The van der Waals surface area contributed by atoms with Crippen LogP contribution in [0.15, 0.2) is 18.2 Å². The molecule has 2 aliphatic heterocycles. The van der Waals surface area contributed by atoms with Gasteiger partial charge in [-0.2, -0.15) is 0 Å². The molecule has 2 atom stereocenters. The minimum absolute atomic E-state index is 0.0806. The molecule has 3 heterocycles. The Bertz CT molecular complexity index is 710. The Morgan fingerprint density at radius 1 is 1.33 bits per heavy atom. The standard InChI is InChI=1S/C14H16N4O3/c1-16-13-5-4-9(18(19)20)6-12(13)15-14(16)17-10-2-3-11(17)8-21-7-10/h4-6,10-11H,2-3,7-8H2,1H3. The summed E-state index contributed by atoms with van der Waals surface area (Å²) in [6.07, 6.45) is 2.24. The minimum Gasteiger partial charge on any atom is -0.377 e. The van der Waals surface area contributed by atoms with Crippen LogP contribution in [0.25, 0.3) is 11.0 Å². The predicted octanol–water partition coefficient (Wildman–Crippen LogP) is 1.85. The van der Waals surface area contributed by atoms with Crippen LogP contribution in [0.3, 0.4) is 0 Å². The first-order chi connectivity index (χ1) is 10.1. The Morgan fingerprint density at radius 3 is 2.71 bits per heavy atom. The summed E-state index contributed by atoms with van der Waals surface area (Å²) in [5, 5.41) is 10.9. The summed E-state index contributed by atoms with van der Waals surface area (Å²) in [4.78, 5) is 17.5. The van der Waals surface area contributed by atoms with E-state index in [1.807, 2.05) is 11.6 Å². The molecule has 4 rings (SSSR count). The van der Waals surface area contributed by atoms with E-state index in [4.69, 9.17) is 4.74 Å². The molecule has 0 spiro atoms. The number of ether oxygens (including phenoxy) is 1. The molecule has 1 aromatic carbocycles. The summed E-state index contributed by atoms with van der Waals surface area (Å²) < 4.78 is 7.63. The molecule has 0 N–H and O–H groups in total. The van der Waals surface area contributed by atoms with Gasteiger partial charge in [-0.3, -0.25) is 10.1 Å². The smallest absolute Gasteiger partial charge is 0.271 e. The molecule has 0 amide bonds. The number of nitrogens with zero attached hydrogens (tertiary/aromatic N) is 4. The number of aromatic nitrogens is 2. The highest BCUT2D eigenvalue weighted by Crippen LogP contribution is 2.35. The number of rotatable bonds is 2. The van der Waals surface area contributed by atoms with Crippen LogP contribution in [0.2, 0.25) is 0 Å². The van der Waals surface area contributed by atoms with Crippen LogP contribution in [0, 0.1) is 10.1 Å². The van der Waals surface area contributed by atoms with Gasteiger partial charge in [-0.25, -0.2) is 4.98 Å². The van der Waals surface area contributed by atoms with Crippen LogP contribution in [-0.2, 0) is 11.8 Å². The number of benzene rings is 1. The molecule has 7 heteroatoms. The van der Waals surface area contributed by atoms with Crippen LogP contribution in [0.4, 0.5) is 11.6 Å². The third-order valence-electron chi connectivity index (χ3n) is 4.52. The fourth-order valence-electron chi connectivity index (χ4n) is 3.48. The largest absolute Gasteiger partial charge is 0.377 e. The van der Waals surface area contributed by atoms with Crippen LogP contribution < -0.4 is 4.90 Å². The lowest BCUT2D eigenvalue weighted by atomic mass is 10.2. The van der Waals surface area contributed by atoms with Crippen LogP contribution >= 0.6 is 0 Å². The van der Waals surface area contributed by atoms with Crippen LogP contribution in [0.1, 0.15) is 12.8 Å². The van der Waals surface area contributed by atoms with Crippen molar-refractivity contribution in [3.8, 4) is 0 Å². The summed E-state index contributed by atoms with van der Waals surface area (Å²) in [5.74, 6) is 0.890. The predicted molar refractivity (Wildman–Crippen MR) is 77.5 cm³/mol. The van der Waals surface area contributed by atoms with E-state index < -0.39 is 0 Å². The third-order valence-corrected chi connectivity index (χ3v) is 4.52. The first kappa shape index (κ1) is 12.6. The maximum absolute atomic E-state index is 10.9. The number of morpholine rings is 1. The van der Waals surface area contributed by atoms with E-state index in [2.05, 4.69) is 9.88 Å². The molecule has 2 aromatic rings. The van der Waals surface area contributed by atoms with Crippen molar-refractivity contribution in [2.45, 2.75) is 24.9 Å². The van der Waals surface area contributed by atoms with Gasteiger partial charge in [0.2, 0.25) is 5.95 Å². The highest BCUT2D eigenvalue weighted by molar-refractivity contribution is 5.81. The Labute approximate surface area is 121 Å². The molecule has 110 valence electrons. The monoisotopic (exact) mass is 288 g/mol. The van der Waals surface area contributed by atoms with Crippen molar-refractivity contribution in [3.63, 3.8) is 0 Å². The minimum atomic E-state index is -0.383. The van der Waals surface area contributed by atoms with Crippen LogP contribution in [-0.4, -0.2) is 39.8 Å². The zero-order valence-electron chi connectivity index (χ0n) is 11.7. The van der Waals surface area contributed by atoms with E-state index in [1.54, 1.807) is 12.1 Å². The molecule has 1 aromatic heterocycles. The topological polar surface area (TPSA) is 73.4 Å². The highest BCUT2D eigenvalue weighted by Gasteiger charge is 2.39. The van der Waals surface area contributed by atoms with Crippen molar-refractivity contribution in [1.29, 1.82) is 0 Å². The maximum Gasteiger partial charge on any atom is 0.271 e. The van der Waals surface area contributed by atoms with E-state index in [9.17, 15) is 10.1 Å². The van der Waals surface area contributed by atoms with E-state index in [0.29, 0.717) is 17.6 Å². The van der Waals surface area contributed by atoms with Crippen molar-refractivity contribution in [1.82, 2.24) is 9.55 Å². The average molecular weight is 288 g/mol. The number of hydrogen-bond acceptors (Lipinski definition) is 5. The lowest BCUT2D eigenvalue weighted by molar-refractivity contribution is -0.384. The molecule has 2 saturated heterocycles. The molecule has 2 aliphatic rings. The summed E-state index contributed by atoms with van der Waals surface area (Å²) in [7, 11) is 1.96. The second-order valence-electron chi connectivity index (χ2n) is 5.73. The van der Waals surface area contributed by atoms with Gasteiger partial charge in [0.05, 0.1) is 41.3 Å². The molecule has 0 saturated carbocycles. The average Bonchev–Trinajstić information content (AvgIpc) is 2.91. The number of aryl methyl sites for hydroxylation is 1. The molecule has 2 unspecified atom stereocenters. The lowest BCUT2D eigenvalue weighted by Gasteiger charge is -2.35. The Balaban J connectivity index is 1.82. The zero-order chi connectivity index (χ0) is 14.6. The van der Waals surface area contributed by atoms with Gasteiger partial charge in [0, 0.05) is 19.2 Å². The molecule has 7 nitrogen and oxygen atoms in total. The molecular formula is C14H16N4O3. The molecule has 2 bridgehead atoms. The van der Waals surface area contributed by atoms with Crippen molar-refractivity contribution in [3.05, 3.63) is 28.3 Å². The van der Waals surface area contributed by atoms with Gasteiger partial charge in [-0.1, -0.05) is 0 Å². The molecule has 21 heavy (non-hydrogen) atoms. The highest BCUT2D eigenvalue weighted by atomic mass is 16.6. The first-order valence-electron chi connectivity index (χ1n) is 7.12. The zero-order valence-corrected chi connectivity index (χ0v) is 11.7. The van der Waals surface area contributed by atoms with E-state index in [1.165, 1.54) is 6.07 Å². The van der Waals surface area contributed by atoms with Gasteiger partial charge in [-0.05, 0) is 18.9 Å². The first-order valence-corrected chi connectivity index (χ1v) is 7.12. The number of hydrogen-bond donors (Lipinski definition) is 0. The van der Waals surface area contributed by atoms with Crippen molar-refractivity contribution < 1.29 is 9.66 Å². The normalized spacial score (nSPS) is 24.7. The van der Waals surface area contributed by atoms with Gasteiger partial charge in [-0.15, -0.1) is 0 Å². The summed E-state index contributed by atoms with van der Waals surface area (Å²) in [6, 6.07) is 5.58. The van der Waals surface area contributed by atoms with Gasteiger partial charge in [0.25, 0.3) is 5.69 Å². The van der Waals surface area contributed by atoms with E-state index in [0.717, 1.165) is 37.5 Å². The van der Waals surface area contributed by atoms with Crippen LogP contribution in [0.5, 0.6) is 0 Å². The number of imidazole rings is 1. The molecular weight excluding hydrogens is 272 g/mol. The van der Waals surface area contributed by atoms with E-state index in [-0.39, 0.29) is 10.6 Å². The number of non-ortho nitro benzene ring substituents is 1. The Morgan fingerprint density at radius 2 is 2.05 bits per heavy atom. The quantitative estimate of drug-likeness (QED) is 0.623. The molecule has 0 radical (unpaired) electrons. The fourth-order valence-corrected chi connectivity index (χ4v) is 3.48. The van der Waals surface area contributed by atoms with Crippen molar-refractivity contribution in [2.24, 2.45) is 7.05 Å². The van der Waals surface area contributed by atoms with Crippen molar-refractivity contribution >= 4 is 22.7 Å². The van der Waals surface area contributed by atoms with Gasteiger partial charge >= 0.3 is 0 Å². The Kier molecular flexibility index (Phi) is 2.65. The summed E-state index contributed by atoms with van der Waals surface area (Å²) in [5.41, 5.74) is 1.67. The lowest BCUT2D eigenvalue weighted by Crippen LogP contribution is -2.47. The third kappa shape index (κ3) is 1.80. The van der Waals surface area contributed by atoms with Gasteiger partial charge in [0.1, 0.15) is 0 Å². The van der Waals surface area contributed by atoms with Gasteiger partial charge in [0.15, 0.2) is 0 Å². The van der Waals surface area contributed by atoms with E-state index >= 15 is 0 Å². The number of fused-ring (bicyclic) bond motifs is 3. The number of anilines is 1. The Hall–Kier alpha value is -2.15. The SMILES string of the molecule is Cn1c(N2C3CCC2COC3)nc2cc([N+](=O)[O-])ccc21.